The van der Waals surface area contributed by atoms with Crippen molar-refractivity contribution in [3.05, 3.63) is 89.1 Å². The average Bonchev–Trinajstić information content (AvgIpc) is 3.45. The highest BCUT2D eigenvalue weighted by atomic mass is 16.5. The van der Waals surface area contributed by atoms with Crippen LogP contribution in [0.15, 0.2) is 71.9 Å². The van der Waals surface area contributed by atoms with E-state index in [0.717, 1.165) is 46.9 Å². The van der Waals surface area contributed by atoms with Crippen LogP contribution >= 0.6 is 0 Å². The van der Waals surface area contributed by atoms with E-state index in [0.29, 0.717) is 19.7 Å². The summed E-state index contributed by atoms with van der Waals surface area (Å²) in [6.07, 6.45) is 2.63. The van der Waals surface area contributed by atoms with Crippen molar-refractivity contribution in [2.75, 3.05) is 24.6 Å². The van der Waals surface area contributed by atoms with Gasteiger partial charge in [0.25, 0.3) is 0 Å². The molecule has 1 saturated heterocycles. The van der Waals surface area contributed by atoms with Crippen LogP contribution in [0.3, 0.4) is 0 Å². The maximum atomic E-state index is 10.0. The highest BCUT2D eigenvalue weighted by Crippen LogP contribution is 2.36. The smallest absolute Gasteiger partial charge is 0.129 e. The third-order valence-electron chi connectivity index (χ3n) is 6.21. The van der Waals surface area contributed by atoms with Gasteiger partial charge < -0.3 is 9.64 Å². The normalized spacial score (nSPS) is 19.6. The van der Waals surface area contributed by atoms with E-state index in [2.05, 4.69) is 46.3 Å². The van der Waals surface area contributed by atoms with Gasteiger partial charge >= 0.3 is 0 Å². The maximum absolute atomic E-state index is 10.0. The van der Waals surface area contributed by atoms with Crippen molar-refractivity contribution in [3.63, 3.8) is 0 Å². The molecule has 5 nitrogen and oxygen atoms in total. The third kappa shape index (κ3) is 3.44. The molecule has 1 aromatic heterocycles. The summed E-state index contributed by atoms with van der Waals surface area (Å²) in [5.41, 5.74) is 4.95. The van der Waals surface area contributed by atoms with Gasteiger partial charge in [-0.1, -0.05) is 36.4 Å². The standard InChI is InChI=1S/C26H24N4O/c1-2-31-22-9-8-20-16-29-25(23(20)15-22)19-10-12-28-24(14-19)30-13-11-26(17-27,18-30)21-6-4-3-5-7-21/h3-10,12,14-15H,2,11,13,16,18H2,1H3. The second-order valence-corrected chi connectivity index (χ2v) is 8.05. The number of aliphatic imine (C=N–C) groups is 1. The molecular formula is C26H24N4O. The first-order valence-corrected chi connectivity index (χ1v) is 10.7. The Morgan fingerprint density at radius 1 is 1.13 bits per heavy atom. The number of pyridine rings is 1. The fourth-order valence-electron chi connectivity index (χ4n) is 4.56. The molecule has 1 unspecified atom stereocenters. The first kappa shape index (κ1) is 19.3. The van der Waals surface area contributed by atoms with E-state index in [1.54, 1.807) is 0 Å². The monoisotopic (exact) mass is 408 g/mol. The number of ether oxygens (including phenoxy) is 1. The molecule has 154 valence electrons. The van der Waals surface area contributed by atoms with E-state index in [9.17, 15) is 5.26 Å². The average molecular weight is 409 g/mol. The molecule has 0 saturated carbocycles. The van der Waals surface area contributed by atoms with E-state index in [-0.39, 0.29) is 0 Å². The Hall–Kier alpha value is -3.65. The number of hydrogen-bond acceptors (Lipinski definition) is 5. The quantitative estimate of drug-likeness (QED) is 0.623. The zero-order chi connectivity index (χ0) is 21.3. The van der Waals surface area contributed by atoms with Crippen LogP contribution in [0.1, 0.15) is 35.6 Å². The molecule has 5 rings (SSSR count). The molecule has 3 aromatic rings. The second-order valence-electron chi connectivity index (χ2n) is 8.05. The lowest BCUT2D eigenvalue weighted by Gasteiger charge is -2.23. The van der Waals surface area contributed by atoms with E-state index in [1.807, 2.05) is 43.5 Å². The number of hydrogen-bond donors (Lipinski definition) is 0. The van der Waals surface area contributed by atoms with Crippen molar-refractivity contribution >= 4 is 11.5 Å². The summed E-state index contributed by atoms with van der Waals surface area (Å²) in [5, 5.41) is 10.0. The fraction of sp³-hybridized carbons (Fsp3) is 0.269. The summed E-state index contributed by atoms with van der Waals surface area (Å²) in [6, 6.07) is 23.0. The Bertz CT molecular complexity index is 1180. The number of nitrogens with zero attached hydrogens (tertiary/aromatic N) is 4. The molecule has 1 fully saturated rings. The lowest BCUT2D eigenvalue weighted by molar-refractivity contribution is 0.340. The minimum atomic E-state index is -0.497. The summed E-state index contributed by atoms with van der Waals surface area (Å²) in [6.45, 7) is 4.76. The Morgan fingerprint density at radius 2 is 2.00 bits per heavy atom. The third-order valence-corrected chi connectivity index (χ3v) is 6.21. The molecule has 2 aromatic carbocycles. The summed E-state index contributed by atoms with van der Waals surface area (Å²) in [7, 11) is 0. The zero-order valence-electron chi connectivity index (χ0n) is 17.6. The second kappa shape index (κ2) is 7.88. The number of anilines is 1. The predicted molar refractivity (Wildman–Crippen MR) is 122 cm³/mol. The van der Waals surface area contributed by atoms with Gasteiger partial charge in [0.05, 0.1) is 24.9 Å². The van der Waals surface area contributed by atoms with E-state index in [4.69, 9.17) is 9.73 Å². The van der Waals surface area contributed by atoms with Crippen LogP contribution in [0.2, 0.25) is 0 Å². The van der Waals surface area contributed by atoms with Crippen LogP contribution in [0, 0.1) is 11.3 Å². The van der Waals surface area contributed by atoms with E-state index < -0.39 is 5.41 Å². The van der Waals surface area contributed by atoms with Gasteiger partial charge in [0.1, 0.15) is 17.0 Å². The Balaban J connectivity index is 1.43. The first-order valence-electron chi connectivity index (χ1n) is 10.7. The van der Waals surface area contributed by atoms with Gasteiger partial charge in [-0.2, -0.15) is 5.26 Å². The molecule has 5 heteroatoms. The molecule has 31 heavy (non-hydrogen) atoms. The molecule has 0 N–H and O–H groups in total. The highest BCUT2D eigenvalue weighted by Gasteiger charge is 2.40. The molecule has 0 spiro atoms. The largest absolute Gasteiger partial charge is 0.494 e. The van der Waals surface area contributed by atoms with Gasteiger partial charge in [-0.05, 0) is 48.7 Å². The molecular weight excluding hydrogens is 384 g/mol. The van der Waals surface area contributed by atoms with Crippen LogP contribution in [0.5, 0.6) is 5.75 Å². The Labute approximate surface area is 182 Å². The van der Waals surface area contributed by atoms with Crippen LogP contribution < -0.4 is 9.64 Å². The predicted octanol–water partition coefficient (Wildman–Crippen LogP) is 4.50. The number of rotatable bonds is 5. The van der Waals surface area contributed by atoms with Gasteiger partial charge in [-0.25, -0.2) is 4.98 Å². The van der Waals surface area contributed by atoms with Crippen molar-refractivity contribution in [1.82, 2.24) is 4.98 Å². The number of benzene rings is 2. The molecule has 0 radical (unpaired) electrons. The lowest BCUT2D eigenvalue weighted by atomic mass is 9.81. The summed E-state index contributed by atoms with van der Waals surface area (Å²) >= 11 is 0. The number of nitriles is 1. The Kier molecular flexibility index (Phi) is 4.91. The molecule has 0 aliphatic carbocycles. The maximum Gasteiger partial charge on any atom is 0.129 e. The molecule has 1 atom stereocenters. The topological polar surface area (TPSA) is 61.5 Å². The highest BCUT2D eigenvalue weighted by molar-refractivity contribution is 6.15. The minimum Gasteiger partial charge on any atom is -0.494 e. The van der Waals surface area contributed by atoms with Gasteiger partial charge in [-0.3, -0.25) is 4.99 Å². The summed E-state index contributed by atoms with van der Waals surface area (Å²) in [4.78, 5) is 11.6. The van der Waals surface area contributed by atoms with E-state index in [1.165, 1.54) is 5.56 Å². The lowest BCUT2D eigenvalue weighted by Crippen LogP contribution is -2.30. The molecule has 3 heterocycles. The molecule has 0 bridgehead atoms. The van der Waals surface area contributed by atoms with Crippen molar-refractivity contribution in [3.8, 4) is 11.8 Å². The fourth-order valence-corrected chi connectivity index (χ4v) is 4.56. The Morgan fingerprint density at radius 3 is 2.81 bits per heavy atom. The zero-order valence-corrected chi connectivity index (χ0v) is 17.6. The molecule has 0 amide bonds. The van der Waals surface area contributed by atoms with Crippen molar-refractivity contribution in [1.29, 1.82) is 5.26 Å². The number of aromatic nitrogens is 1. The van der Waals surface area contributed by atoms with Crippen LogP contribution in [-0.2, 0) is 12.0 Å². The molecule has 2 aliphatic rings. The summed E-state index contributed by atoms with van der Waals surface area (Å²) in [5.74, 6) is 1.76. The van der Waals surface area contributed by atoms with Crippen molar-refractivity contribution < 1.29 is 4.74 Å². The van der Waals surface area contributed by atoms with Gasteiger partial charge in [0, 0.05) is 30.4 Å². The van der Waals surface area contributed by atoms with Gasteiger partial charge in [-0.15, -0.1) is 0 Å². The number of fused-ring (bicyclic) bond motifs is 1. The SMILES string of the molecule is CCOc1ccc2c(c1)C(c1ccnc(N3CCC(C#N)(c4ccccc4)C3)c1)=NC2. The van der Waals surface area contributed by atoms with E-state index >= 15 is 0 Å². The van der Waals surface area contributed by atoms with Crippen LogP contribution in [0.4, 0.5) is 5.82 Å². The van der Waals surface area contributed by atoms with Gasteiger partial charge in [0.15, 0.2) is 0 Å². The summed E-state index contributed by atoms with van der Waals surface area (Å²) < 4.78 is 5.69. The first-order chi connectivity index (χ1) is 15.2. The van der Waals surface area contributed by atoms with Gasteiger partial charge in [0.2, 0.25) is 0 Å². The van der Waals surface area contributed by atoms with Crippen molar-refractivity contribution in [2.24, 2.45) is 4.99 Å². The minimum absolute atomic E-state index is 0.497. The van der Waals surface area contributed by atoms with Crippen LogP contribution in [-0.4, -0.2) is 30.4 Å². The molecule has 2 aliphatic heterocycles. The van der Waals surface area contributed by atoms with Crippen LogP contribution in [0.25, 0.3) is 0 Å². The van der Waals surface area contributed by atoms with Crippen molar-refractivity contribution in [2.45, 2.75) is 25.3 Å².